The van der Waals surface area contributed by atoms with Crippen LogP contribution >= 0.6 is 15.9 Å². The van der Waals surface area contributed by atoms with Gasteiger partial charge in [0.2, 0.25) is 0 Å². The molecule has 0 aliphatic heterocycles. The van der Waals surface area contributed by atoms with E-state index in [0.717, 1.165) is 0 Å². The van der Waals surface area contributed by atoms with Crippen molar-refractivity contribution in [2.75, 3.05) is 0 Å². The Hall–Kier alpha value is -1.17. The van der Waals surface area contributed by atoms with Crippen LogP contribution < -0.4 is 5.56 Å². The number of fused-ring (bicyclic) bond motifs is 1. The molecular weight excluding hydrogens is 236 g/mol. The summed E-state index contributed by atoms with van der Waals surface area (Å²) in [7, 11) is 3.38. The first-order valence-electron chi connectivity index (χ1n) is 3.65. The summed E-state index contributed by atoms with van der Waals surface area (Å²) in [5.74, 6) is 0. The molecule has 0 fully saturated rings. The standard InChI is InChI=1S/C7H7BrN4O/c1-11-3-9-4-5(7(11)13)12(2)10-6(4)8/h3H,1-2H3. The number of aryl methyl sites for hydroxylation is 2. The van der Waals surface area contributed by atoms with E-state index in [2.05, 4.69) is 26.0 Å². The van der Waals surface area contributed by atoms with E-state index >= 15 is 0 Å². The average Bonchev–Trinajstić information content (AvgIpc) is 2.35. The molecule has 0 aliphatic carbocycles. The van der Waals surface area contributed by atoms with Gasteiger partial charge in [0.25, 0.3) is 5.56 Å². The van der Waals surface area contributed by atoms with Gasteiger partial charge in [-0.05, 0) is 15.9 Å². The van der Waals surface area contributed by atoms with Gasteiger partial charge in [-0.25, -0.2) is 4.98 Å². The average molecular weight is 243 g/mol. The Bertz CT molecular complexity index is 527. The van der Waals surface area contributed by atoms with Crippen molar-refractivity contribution in [3.8, 4) is 0 Å². The molecule has 0 unspecified atom stereocenters. The fraction of sp³-hybridized carbons (Fsp3) is 0.286. The third-order valence-corrected chi connectivity index (χ3v) is 2.40. The number of halogens is 1. The van der Waals surface area contributed by atoms with Gasteiger partial charge in [-0.2, -0.15) is 5.10 Å². The third kappa shape index (κ3) is 1.09. The lowest BCUT2D eigenvalue weighted by molar-refractivity contribution is 0.768. The Labute approximate surface area is 82.1 Å². The Morgan fingerprint density at radius 2 is 2.15 bits per heavy atom. The first-order valence-corrected chi connectivity index (χ1v) is 4.44. The zero-order valence-corrected chi connectivity index (χ0v) is 8.74. The normalized spacial score (nSPS) is 11.0. The monoisotopic (exact) mass is 242 g/mol. The van der Waals surface area contributed by atoms with Crippen LogP contribution in [0.3, 0.4) is 0 Å². The quantitative estimate of drug-likeness (QED) is 0.674. The Balaban J connectivity index is 3.08. The van der Waals surface area contributed by atoms with E-state index in [1.54, 1.807) is 14.1 Å². The van der Waals surface area contributed by atoms with E-state index in [4.69, 9.17) is 0 Å². The summed E-state index contributed by atoms with van der Waals surface area (Å²) in [5, 5.41) is 4.05. The topological polar surface area (TPSA) is 52.7 Å². The van der Waals surface area contributed by atoms with E-state index in [-0.39, 0.29) is 5.56 Å². The lowest BCUT2D eigenvalue weighted by Gasteiger charge is -1.96. The van der Waals surface area contributed by atoms with Gasteiger partial charge in [0.15, 0.2) is 10.1 Å². The van der Waals surface area contributed by atoms with Crippen LogP contribution in [0, 0.1) is 0 Å². The van der Waals surface area contributed by atoms with Gasteiger partial charge in [-0.3, -0.25) is 9.48 Å². The molecule has 0 spiro atoms. The Kier molecular flexibility index (Phi) is 1.73. The van der Waals surface area contributed by atoms with Crippen molar-refractivity contribution in [3.63, 3.8) is 0 Å². The molecule has 0 saturated heterocycles. The molecule has 5 nitrogen and oxygen atoms in total. The van der Waals surface area contributed by atoms with Crippen LogP contribution in [0.25, 0.3) is 11.0 Å². The zero-order chi connectivity index (χ0) is 9.59. The number of nitrogens with zero attached hydrogens (tertiary/aromatic N) is 4. The number of aromatic nitrogens is 4. The second-order valence-electron chi connectivity index (χ2n) is 2.77. The first-order chi connectivity index (χ1) is 6.11. The highest BCUT2D eigenvalue weighted by Crippen LogP contribution is 2.16. The van der Waals surface area contributed by atoms with Gasteiger partial charge in [0.1, 0.15) is 5.52 Å². The molecule has 0 atom stereocenters. The van der Waals surface area contributed by atoms with Crippen molar-refractivity contribution in [2.45, 2.75) is 0 Å². The molecule has 6 heteroatoms. The molecular formula is C7H7BrN4O. The van der Waals surface area contributed by atoms with Gasteiger partial charge in [-0.1, -0.05) is 0 Å². The molecule has 0 radical (unpaired) electrons. The van der Waals surface area contributed by atoms with Crippen molar-refractivity contribution in [3.05, 3.63) is 21.3 Å². The fourth-order valence-corrected chi connectivity index (χ4v) is 1.73. The smallest absolute Gasteiger partial charge is 0.279 e. The molecule has 0 N–H and O–H groups in total. The SMILES string of the molecule is Cn1cnc2c(Br)nn(C)c2c1=O. The largest absolute Gasteiger partial charge is 0.301 e. The maximum atomic E-state index is 11.6. The minimum Gasteiger partial charge on any atom is -0.301 e. The van der Waals surface area contributed by atoms with Crippen LogP contribution in [0.2, 0.25) is 0 Å². The second-order valence-corrected chi connectivity index (χ2v) is 3.52. The molecule has 2 rings (SSSR count). The molecule has 68 valence electrons. The summed E-state index contributed by atoms with van der Waals surface area (Å²) in [5.41, 5.74) is 1.02. The van der Waals surface area contributed by atoms with Crippen LogP contribution in [0.4, 0.5) is 0 Å². The van der Waals surface area contributed by atoms with E-state index in [0.29, 0.717) is 15.6 Å². The predicted molar refractivity (Wildman–Crippen MR) is 51.5 cm³/mol. The molecule has 0 bridgehead atoms. The van der Waals surface area contributed by atoms with Gasteiger partial charge in [-0.15, -0.1) is 0 Å². The zero-order valence-electron chi connectivity index (χ0n) is 7.15. The molecule has 2 aromatic rings. The van der Waals surface area contributed by atoms with E-state index < -0.39 is 0 Å². The molecule has 0 aliphatic rings. The molecule has 0 amide bonds. The molecule has 0 aromatic carbocycles. The van der Waals surface area contributed by atoms with Gasteiger partial charge in [0, 0.05) is 14.1 Å². The minimum atomic E-state index is -0.0919. The summed E-state index contributed by atoms with van der Waals surface area (Å²) in [6.07, 6.45) is 1.48. The molecule has 2 aromatic heterocycles. The molecule has 2 heterocycles. The van der Waals surface area contributed by atoms with E-state index in [9.17, 15) is 4.79 Å². The van der Waals surface area contributed by atoms with Crippen LogP contribution in [0.15, 0.2) is 15.7 Å². The highest BCUT2D eigenvalue weighted by molar-refractivity contribution is 9.10. The van der Waals surface area contributed by atoms with Crippen molar-refractivity contribution in [2.24, 2.45) is 14.1 Å². The van der Waals surface area contributed by atoms with Crippen molar-refractivity contribution in [1.29, 1.82) is 0 Å². The lowest BCUT2D eigenvalue weighted by Crippen LogP contribution is -2.18. The first kappa shape index (κ1) is 8.43. The van der Waals surface area contributed by atoms with Crippen LogP contribution in [-0.4, -0.2) is 19.3 Å². The highest BCUT2D eigenvalue weighted by atomic mass is 79.9. The fourth-order valence-electron chi connectivity index (χ4n) is 1.20. The summed E-state index contributed by atoms with van der Waals surface area (Å²) >= 11 is 3.23. The summed E-state index contributed by atoms with van der Waals surface area (Å²) in [4.78, 5) is 15.7. The molecule has 0 saturated carbocycles. The maximum absolute atomic E-state index is 11.6. The number of hydrogen-bond acceptors (Lipinski definition) is 3. The summed E-state index contributed by atoms with van der Waals surface area (Å²) < 4.78 is 3.55. The highest BCUT2D eigenvalue weighted by Gasteiger charge is 2.11. The summed E-state index contributed by atoms with van der Waals surface area (Å²) in [6.45, 7) is 0. The van der Waals surface area contributed by atoms with Crippen molar-refractivity contribution >= 4 is 27.0 Å². The van der Waals surface area contributed by atoms with E-state index in [1.165, 1.54) is 15.6 Å². The molecule has 13 heavy (non-hydrogen) atoms. The van der Waals surface area contributed by atoms with Crippen LogP contribution in [0.1, 0.15) is 0 Å². The predicted octanol–water partition coefficient (Wildman–Crippen LogP) is 0.429. The third-order valence-electron chi connectivity index (χ3n) is 1.86. The maximum Gasteiger partial charge on any atom is 0.279 e. The van der Waals surface area contributed by atoms with Crippen molar-refractivity contribution < 1.29 is 0 Å². The lowest BCUT2D eigenvalue weighted by atomic mass is 10.4. The Morgan fingerprint density at radius 3 is 2.85 bits per heavy atom. The number of hydrogen-bond donors (Lipinski definition) is 0. The van der Waals surface area contributed by atoms with Crippen molar-refractivity contribution in [1.82, 2.24) is 19.3 Å². The minimum absolute atomic E-state index is 0.0919. The van der Waals surface area contributed by atoms with Gasteiger partial charge < -0.3 is 4.57 Å². The second kappa shape index (κ2) is 2.66. The summed E-state index contributed by atoms with van der Waals surface area (Å²) in [6, 6.07) is 0. The van der Waals surface area contributed by atoms with E-state index in [1.807, 2.05) is 0 Å². The Morgan fingerprint density at radius 1 is 1.46 bits per heavy atom. The number of rotatable bonds is 0. The van der Waals surface area contributed by atoms with Crippen LogP contribution in [0.5, 0.6) is 0 Å². The van der Waals surface area contributed by atoms with Crippen LogP contribution in [-0.2, 0) is 14.1 Å². The van der Waals surface area contributed by atoms with Gasteiger partial charge >= 0.3 is 0 Å². The van der Waals surface area contributed by atoms with Gasteiger partial charge in [0.05, 0.1) is 6.33 Å².